The molecule has 1 heterocycles. The molecule has 1 aromatic rings. The monoisotopic (exact) mass is 231 g/mol. The lowest BCUT2D eigenvalue weighted by atomic mass is 10.1. The van der Waals surface area contributed by atoms with Crippen molar-refractivity contribution in [3.8, 4) is 0 Å². The molecule has 0 aliphatic carbocycles. The second-order valence-electron chi connectivity index (χ2n) is 3.27. The van der Waals surface area contributed by atoms with E-state index in [4.69, 9.17) is 0 Å². The molecule has 0 saturated carbocycles. The van der Waals surface area contributed by atoms with Crippen LogP contribution in [0.1, 0.15) is 23.2 Å². The van der Waals surface area contributed by atoms with Crippen LogP contribution in [0.15, 0.2) is 10.9 Å². The van der Waals surface area contributed by atoms with E-state index >= 15 is 0 Å². The Morgan fingerprint density at radius 1 is 1.56 bits per heavy atom. The van der Waals surface area contributed by atoms with Crippen molar-refractivity contribution in [3.63, 3.8) is 0 Å². The lowest BCUT2D eigenvalue weighted by Crippen LogP contribution is -2.19. The van der Waals surface area contributed by atoms with Crippen molar-refractivity contribution in [1.82, 2.24) is 4.98 Å². The summed E-state index contributed by atoms with van der Waals surface area (Å²) in [5.41, 5.74) is -1.11. The summed E-state index contributed by atoms with van der Waals surface area (Å²) in [6, 6.07) is 1.35. The van der Waals surface area contributed by atoms with Crippen LogP contribution in [0.4, 0.5) is 8.78 Å². The van der Waals surface area contributed by atoms with Gasteiger partial charge in [0.25, 0.3) is 12.0 Å². The predicted octanol–water partition coefficient (Wildman–Crippen LogP) is 1.34. The van der Waals surface area contributed by atoms with Gasteiger partial charge in [-0.2, -0.15) is 0 Å². The van der Waals surface area contributed by atoms with Gasteiger partial charge in [0.2, 0.25) is 0 Å². The minimum atomic E-state index is -2.91. The molecule has 0 atom stereocenters. The van der Waals surface area contributed by atoms with Crippen molar-refractivity contribution in [2.24, 2.45) is 0 Å². The Hall–Kier alpha value is -1.72. The van der Waals surface area contributed by atoms with Gasteiger partial charge in [0.15, 0.2) is 0 Å². The number of aryl methyl sites for hydroxylation is 1. The summed E-state index contributed by atoms with van der Waals surface area (Å²) < 4.78 is 29.6. The first kappa shape index (κ1) is 12.4. The molecule has 1 N–H and O–H groups in total. The summed E-state index contributed by atoms with van der Waals surface area (Å²) in [6.07, 6.45) is -3.25. The molecule has 0 saturated heterocycles. The Morgan fingerprint density at radius 2 is 2.19 bits per heavy atom. The number of carbonyl (C=O) groups is 1. The summed E-state index contributed by atoms with van der Waals surface area (Å²) in [5.74, 6) is -0.660. The van der Waals surface area contributed by atoms with E-state index in [2.05, 4.69) is 9.72 Å². The van der Waals surface area contributed by atoms with Crippen molar-refractivity contribution in [2.75, 3.05) is 7.11 Å². The van der Waals surface area contributed by atoms with Crippen molar-refractivity contribution < 1.29 is 18.3 Å². The lowest BCUT2D eigenvalue weighted by Gasteiger charge is -2.07. The van der Waals surface area contributed by atoms with Gasteiger partial charge >= 0.3 is 5.97 Å². The summed E-state index contributed by atoms with van der Waals surface area (Å²) in [7, 11) is 1.16. The highest BCUT2D eigenvalue weighted by atomic mass is 19.3. The SMILES string of the molecule is COC(=O)Cc1cc(C)[nH]c(=O)c1C(F)F. The normalized spacial score (nSPS) is 10.6. The third kappa shape index (κ3) is 2.65. The molecule has 0 aromatic carbocycles. The number of hydrogen-bond donors (Lipinski definition) is 1. The number of aromatic amines is 1. The van der Waals surface area contributed by atoms with Crippen molar-refractivity contribution in [2.45, 2.75) is 19.8 Å². The Kier molecular flexibility index (Phi) is 3.76. The predicted molar refractivity (Wildman–Crippen MR) is 52.5 cm³/mol. The lowest BCUT2D eigenvalue weighted by molar-refractivity contribution is -0.139. The van der Waals surface area contributed by atoms with E-state index in [1.807, 2.05) is 0 Å². The molecule has 0 amide bonds. The largest absolute Gasteiger partial charge is 0.469 e. The maximum absolute atomic E-state index is 12.6. The second kappa shape index (κ2) is 4.87. The van der Waals surface area contributed by atoms with Gasteiger partial charge < -0.3 is 9.72 Å². The fourth-order valence-corrected chi connectivity index (χ4v) is 1.38. The molecule has 6 heteroatoms. The summed E-state index contributed by atoms with van der Waals surface area (Å²) in [4.78, 5) is 24.5. The van der Waals surface area contributed by atoms with E-state index in [-0.39, 0.29) is 12.0 Å². The molecular weight excluding hydrogens is 220 g/mol. The quantitative estimate of drug-likeness (QED) is 0.798. The second-order valence-corrected chi connectivity index (χ2v) is 3.27. The van der Waals surface area contributed by atoms with Gasteiger partial charge in [0, 0.05) is 5.69 Å². The number of ether oxygens (including phenoxy) is 1. The Labute approximate surface area is 90.2 Å². The molecule has 0 unspecified atom stereocenters. The third-order valence-electron chi connectivity index (χ3n) is 2.07. The Morgan fingerprint density at radius 3 is 2.69 bits per heavy atom. The van der Waals surface area contributed by atoms with E-state index in [1.54, 1.807) is 6.92 Å². The number of carbonyl (C=O) groups excluding carboxylic acids is 1. The number of aromatic nitrogens is 1. The number of nitrogens with one attached hydrogen (secondary N) is 1. The number of alkyl halides is 2. The van der Waals surface area contributed by atoms with Gasteiger partial charge in [-0.15, -0.1) is 0 Å². The molecule has 4 nitrogen and oxygen atoms in total. The van der Waals surface area contributed by atoms with Crippen LogP contribution in [0.3, 0.4) is 0 Å². The summed E-state index contributed by atoms with van der Waals surface area (Å²) in [5, 5.41) is 0. The van der Waals surface area contributed by atoms with Gasteiger partial charge in [-0.25, -0.2) is 8.78 Å². The van der Waals surface area contributed by atoms with Crippen LogP contribution in [0.5, 0.6) is 0 Å². The maximum Gasteiger partial charge on any atom is 0.309 e. The minimum absolute atomic E-state index is 0.00287. The zero-order valence-electron chi connectivity index (χ0n) is 8.84. The molecule has 0 aliphatic heterocycles. The number of H-pyrrole nitrogens is 1. The highest BCUT2D eigenvalue weighted by Crippen LogP contribution is 2.20. The van der Waals surface area contributed by atoms with Crippen LogP contribution in [0.2, 0.25) is 0 Å². The van der Waals surface area contributed by atoms with Gasteiger partial charge in [-0.05, 0) is 18.6 Å². The maximum atomic E-state index is 12.6. The number of hydrogen-bond acceptors (Lipinski definition) is 3. The van der Waals surface area contributed by atoms with Gasteiger partial charge in [0.1, 0.15) is 0 Å². The zero-order valence-corrected chi connectivity index (χ0v) is 8.84. The first-order valence-electron chi connectivity index (χ1n) is 4.53. The average molecular weight is 231 g/mol. The van der Waals surface area contributed by atoms with Crippen LogP contribution in [-0.2, 0) is 16.0 Å². The number of esters is 1. The molecule has 0 radical (unpaired) electrons. The topological polar surface area (TPSA) is 59.2 Å². The van der Waals surface area contributed by atoms with Crippen molar-refractivity contribution in [1.29, 1.82) is 0 Å². The Bertz CT molecular complexity index is 454. The molecule has 16 heavy (non-hydrogen) atoms. The zero-order chi connectivity index (χ0) is 12.3. The fourth-order valence-electron chi connectivity index (χ4n) is 1.38. The van der Waals surface area contributed by atoms with Crippen LogP contribution >= 0.6 is 0 Å². The van der Waals surface area contributed by atoms with Crippen LogP contribution in [0.25, 0.3) is 0 Å². The fraction of sp³-hybridized carbons (Fsp3) is 0.400. The van der Waals surface area contributed by atoms with Crippen LogP contribution in [-0.4, -0.2) is 18.1 Å². The summed E-state index contributed by atoms with van der Waals surface area (Å²) >= 11 is 0. The summed E-state index contributed by atoms with van der Waals surface area (Å²) in [6.45, 7) is 1.55. The molecule has 0 aliphatic rings. The standard InChI is InChI=1S/C10H11F2NO3/c1-5-3-6(4-7(14)16-2)8(9(11)12)10(15)13-5/h3,9H,4H2,1-2H3,(H,13,15). The first-order valence-corrected chi connectivity index (χ1v) is 4.53. The van der Waals surface area contributed by atoms with E-state index in [9.17, 15) is 18.4 Å². The molecule has 88 valence electrons. The van der Waals surface area contributed by atoms with Crippen molar-refractivity contribution in [3.05, 3.63) is 33.2 Å². The highest BCUT2D eigenvalue weighted by Gasteiger charge is 2.19. The van der Waals surface area contributed by atoms with E-state index < -0.39 is 23.5 Å². The Balaban J connectivity index is 3.24. The molecule has 1 aromatic heterocycles. The van der Waals surface area contributed by atoms with Gasteiger partial charge in [-0.1, -0.05) is 0 Å². The number of halogens is 2. The molecule has 0 fully saturated rings. The smallest absolute Gasteiger partial charge is 0.309 e. The number of pyridine rings is 1. The molecule has 0 spiro atoms. The first-order chi connectivity index (χ1) is 7.45. The van der Waals surface area contributed by atoms with Crippen molar-refractivity contribution >= 4 is 5.97 Å². The van der Waals surface area contributed by atoms with Crippen LogP contribution in [0, 0.1) is 6.92 Å². The van der Waals surface area contributed by atoms with E-state index in [1.165, 1.54) is 6.07 Å². The average Bonchev–Trinajstić information content (AvgIpc) is 2.15. The molecular formula is C10H11F2NO3. The van der Waals surface area contributed by atoms with Gasteiger partial charge in [0.05, 0.1) is 19.1 Å². The van der Waals surface area contributed by atoms with Crippen LogP contribution < -0.4 is 5.56 Å². The van der Waals surface area contributed by atoms with E-state index in [0.717, 1.165) is 7.11 Å². The third-order valence-corrected chi connectivity index (χ3v) is 2.07. The number of rotatable bonds is 3. The van der Waals surface area contributed by atoms with Gasteiger partial charge in [-0.3, -0.25) is 9.59 Å². The minimum Gasteiger partial charge on any atom is -0.469 e. The molecule has 0 bridgehead atoms. The van der Waals surface area contributed by atoms with E-state index in [0.29, 0.717) is 5.69 Å². The number of methoxy groups -OCH3 is 1. The highest BCUT2D eigenvalue weighted by molar-refractivity contribution is 5.72. The molecule has 1 rings (SSSR count).